The first kappa shape index (κ1) is 14.6. The quantitative estimate of drug-likeness (QED) is 0.852. The van der Waals surface area contributed by atoms with Crippen LogP contribution in [0.4, 0.5) is 0 Å². The molecule has 0 amide bonds. The molecule has 2 heterocycles. The van der Waals surface area contributed by atoms with Crippen molar-refractivity contribution in [3.05, 3.63) is 53.6 Å². The minimum atomic E-state index is -1.19. The summed E-state index contributed by atoms with van der Waals surface area (Å²) in [5, 5.41) is 19.3. The van der Waals surface area contributed by atoms with Gasteiger partial charge in [-0.1, -0.05) is 13.0 Å². The fraction of sp³-hybridized carbons (Fsp3) is 0.214. The van der Waals surface area contributed by atoms with Crippen LogP contribution >= 0.6 is 0 Å². The second-order valence-corrected chi connectivity index (χ2v) is 3.89. The van der Waals surface area contributed by atoms with Gasteiger partial charge in [0.05, 0.1) is 5.97 Å². The Morgan fingerprint density at radius 2 is 2.16 bits per heavy atom. The number of carboxylic acid groups (broad SMARTS) is 1. The molecular formula is C14H16N2O3. The van der Waals surface area contributed by atoms with E-state index in [4.69, 9.17) is 0 Å². The van der Waals surface area contributed by atoms with Crippen molar-refractivity contribution in [1.29, 1.82) is 0 Å². The maximum atomic E-state index is 10.0. The largest absolute Gasteiger partial charge is 0.545 e. The van der Waals surface area contributed by atoms with Gasteiger partial charge in [0.15, 0.2) is 11.4 Å². The number of carboxylic acids is 1. The van der Waals surface area contributed by atoms with Gasteiger partial charge in [0, 0.05) is 37.4 Å². The molecule has 0 saturated carbocycles. The highest BCUT2D eigenvalue weighted by molar-refractivity contribution is 5.85. The number of aromatic nitrogens is 2. The van der Waals surface area contributed by atoms with Gasteiger partial charge in [-0.25, -0.2) is 4.98 Å². The van der Waals surface area contributed by atoms with Crippen molar-refractivity contribution < 1.29 is 20.0 Å². The molecule has 0 saturated heterocycles. The highest BCUT2D eigenvalue weighted by Gasteiger charge is 2.05. The van der Waals surface area contributed by atoms with Crippen LogP contribution in [0.25, 0.3) is 0 Å². The number of rotatable bonds is 2. The zero-order valence-corrected chi connectivity index (χ0v) is 10.9. The standard InChI is InChI=1S/C8H11NO.C6H5NO2/c1-3-7-8(10)5-4-6(2)9-7;8-6(9)5-2-1-3-7-4-5/h4-5,10H,3H2,1-2H3;1-4H,(H,8,9). The molecule has 0 aliphatic rings. The summed E-state index contributed by atoms with van der Waals surface area (Å²) in [6.07, 6.45) is 3.59. The number of aromatic hydroxyl groups is 1. The monoisotopic (exact) mass is 260 g/mol. The fourth-order valence-electron chi connectivity index (χ4n) is 1.40. The van der Waals surface area contributed by atoms with Crippen LogP contribution < -0.4 is 10.1 Å². The van der Waals surface area contributed by atoms with Crippen LogP contribution in [0.15, 0.2) is 36.7 Å². The van der Waals surface area contributed by atoms with Crippen LogP contribution in [0.2, 0.25) is 0 Å². The predicted molar refractivity (Wildman–Crippen MR) is 67.3 cm³/mol. The first-order chi connectivity index (χ1) is 9.04. The highest BCUT2D eigenvalue weighted by Crippen LogP contribution is 2.10. The summed E-state index contributed by atoms with van der Waals surface area (Å²) in [6, 6.07) is 6.55. The summed E-state index contributed by atoms with van der Waals surface area (Å²) in [7, 11) is 0. The average molecular weight is 260 g/mol. The molecule has 0 aromatic carbocycles. The molecule has 100 valence electrons. The summed E-state index contributed by atoms with van der Waals surface area (Å²) < 4.78 is 0. The molecule has 0 fully saturated rings. The third-order valence-electron chi connectivity index (χ3n) is 2.40. The molecule has 0 radical (unpaired) electrons. The topological polar surface area (TPSA) is 87.4 Å². The van der Waals surface area contributed by atoms with Crippen molar-refractivity contribution in [3.8, 4) is 5.75 Å². The molecule has 2 aromatic heterocycles. The Labute approximate surface area is 111 Å². The third-order valence-corrected chi connectivity index (χ3v) is 2.40. The second kappa shape index (κ2) is 7.10. The molecule has 2 rings (SSSR count). The summed E-state index contributed by atoms with van der Waals surface area (Å²) in [5.74, 6) is -0.837. The number of aromatic amines is 1. The Bertz CT molecular complexity index is 542. The fourth-order valence-corrected chi connectivity index (χ4v) is 1.40. The number of hydrogen-bond donors (Lipinski definition) is 1. The second-order valence-electron chi connectivity index (χ2n) is 3.89. The van der Waals surface area contributed by atoms with E-state index in [-0.39, 0.29) is 5.56 Å². The van der Waals surface area contributed by atoms with E-state index in [0.717, 1.165) is 17.8 Å². The van der Waals surface area contributed by atoms with Crippen molar-refractivity contribution in [2.24, 2.45) is 0 Å². The van der Waals surface area contributed by atoms with Crippen LogP contribution in [-0.2, 0) is 6.42 Å². The SMILES string of the molecule is CCc1[nH+]c(C)ccc1O.O=C([O-])c1cccnc1. The van der Waals surface area contributed by atoms with Gasteiger partial charge >= 0.3 is 0 Å². The summed E-state index contributed by atoms with van der Waals surface area (Å²) in [6.45, 7) is 3.98. The Morgan fingerprint density at radius 3 is 2.58 bits per heavy atom. The molecule has 5 nitrogen and oxygen atoms in total. The zero-order chi connectivity index (χ0) is 14.3. The van der Waals surface area contributed by atoms with Crippen molar-refractivity contribution in [2.75, 3.05) is 0 Å². The number of nitrogens with one attached hydrogen (secondary N) is 1. The van der Waals surface area contributed by atoms with Gasteiger partial charge in [0.25, 0.3) is 0 Å². The number of H-pyrrole nitrogens is 1. The lowest BCUT2D eigenvalue weighted by atomic mass is 10.2. The van der Waals surface area contributed by atoms with Crippen LogP contribution in [-0.4, -0.2) is 16.1 Å². The maximum Gasteiger partial charge on any atom is 0.221 e. The summed E-state index contributed by atoms with van der Waals surface area (Å²) in [4.78, 5) is 16.7. The van der Waals surface area contributed by atoms with E-state index in [9.17, 15) is 15.0 Å². The third kappa shape index (κ3) is 4.75. The Balaban J connectivity index is 0.000000191. The molecule has 0 unspecified atom stereocenters. The maximum absolute atomic E-state index is 10.0. The van der Waals surface area contributed by atoms with E-state index in [0.29, 0.717) is 5.75 Å². The van der Waals surface area contributed by atoms with Crippen LogP contribution in [0.1, 0.15) is 28.7 Å². The summed E-state index contributed by atoms with van der Waals surface area (Å²) >= 11 is 0. The van der Waals surface area contributed by atoms with Crippen molar-refractivity contribution >= 4 is 5.97 Å². The molecule has 19 heavy (non-hydrogen) atoms. The van der Waals surface area contributed by atoms with Gasteiger partial charge in [0.2, 0.25) is 5.69 Å². The minimum Gasteiger partial charge on any atom is -0.545 e. The van der Waals surface area contributed by atoms with Crippen molar-refractivity contribution in [1.82, 2.24) is 4.98 Å². The molecule has 0 bridgehead atoms. The molecule has 5 heteroatoms. The normalized spacial score (nSPS) is 9.37. The number of carbonyl (C=O) groups excluding carboxylic acids is 1. The van der Waals surface area contributed by atoms with Crippen LogP contribution in [0.5, 0.6) is 5.75 Å². The molecule has 2 aromatic rings. The van der Waals surface area contributed by atoms with Gasteiger partial charge in [-0.2, -0.15) is 0 Å². The zero-order valence-electron chi connectivity index (χ0n) is 10.9. The van der Waals surface area contributed by atoms with Crippen molar-refractivity contribution in [2.45, 2.75) is 20.3 Å². The van der Waals surface area contributed by atoms with Gasteiger partial charge in [0.1, 0.15) is 0 Å². The molecule has 0 atom stereocenters. The number of pyridine rings is 2. The van der Waals surface area contributed by atoms with E-state index in [2.05, 4.69) is 9.97 Å². The lowest BCUT2D eigenvalue weighted by Gasteiger charge is -1.97. The Morgan fingerprint density at radius 1 is 1.42 bits per heavy atom. The van der Waals surface area contributed by atoms with Crippen LogP contribution in [0.3, 0.4) is 0 Å². The predicted octanol–water partition coefficient (Wildman–Crippen LogP) is 0.522. The van der Waals surface area contributed by atoms with Gasteiger partial charge in [-0.05, 0) is 12.1 Å². The lowest BCUT2D eigenvalue weighted by Crippen LogP contribution is -2.22. The number of nitrogens with zero attached hydrogens (tertiary/aromatic N) is 1. The molecule has 0 spiro atoms. The van der Waals surface area contributed by atoms with Gasteiger partial charge in [-0.15, -0.1) is 0 Å². The van der Waals surface area contributed by atoms with E-state index >= 15 is 0 Å². The van der Waals surface area contributed by atoms with Crippen LogP contribution in [0, 0.1) is 6.92 Å². The van der Waals surface area contributed by atoms with Gasteiger partial charge < -0.3 is 15.0 Å². The van der Waals surface area contributed by atoms with E-state index in [1.807, 2.05) is 19.9 Å². The van der Waals surface area contributed by atoms with E-state index in [1.165, 1.54) is 18.5 Å². The first-order valence-corrected chi connectivity index (χ1v) is 5.86. The molecule has 2 N–H and O–H groups in total. The van der Waals surface area contributed by atoms with Gasteiger partial charge in [-0.3, -0.25) is 4.98 Å². The summed E-state index contributed by atoms with van der Waals surface area (Å²) in [5.41, 5.74) is 2.09. The Kier molecular flexibility index (Phi) is 5.47. The molecule has 0 aliphatic heterocycles. The number of aromatic carboxylic acids is 1. The average Bonchev–Trinajstić information content (AvgIpc) is 2.43. The number of carbonyl (C=O) groups is 1. The smallest absolute Gasteiger partial charge is 0.221 e. The van der Waals surface area contributed by atoms with Crippen molar-refractivity contribution in [3.63, 3.8) is 0 Å². The minimum absolute atomic E-state index is 0.109. The number of hydrogen-bond acceptors (Lipinski definition) is 4. The number of aryl methyl sites for hydroxylation is 2. The Hall–Kier alpha value is -2.43. The molecule has 0 aliphatic carbocycles. The molecular weight excluding hydrogens is 244 g/mol. The van der Waals surface area contributed by atoms with E-state index in [1.54, 1.807) is 12.1 Å². The lowest BCUT2D eigenvalue weighted by molar-refractivity contribution is -0.400. The first-order valence-electron chi connectivity index (χ1n) is 5.86. The highest BCUT2D eigenvalue weighted by atomic mass is 16.4. The van der Waals surface area contributed by atoms with E-state index < -0.39 is 5.97 Å².